The SMILES string of the molecule is CCN(CC)C(=O)c1sc(NC(=O)c2c(-c3ccccc3Cl)noc2C)c(C(=O)OC(C)C)c1C. The monoisotopic (exact) mass is 517 g/mol. The van der Waals surface area contributed by atoms with Crippen molar-refractivity contribution in [2.75, 3.05) is 18.4 Å². The molecule has 0 bridgehead atoms. The number of esters is 1. The van der Waals surface area contributed by atoms with Crippen LogP contribution in [0.5, 0.6) is 0 Å². The third kappa shape index (κ3) is 5.41. The second-order valence-electron chi connectivity index (χ2n) is 8.09. The lowest BCUT2D eigenvalue weighted by molar-refractivity contribution is 0.0379. The summed E-state index contributed by atoms with van der Waals surface area (Å²) >= 11 is 7.37. The van der Waals surface area contributed by atoms with E-state index >= 15 is 0 Å². The molecule has 1 aromatic carbocycles. The molecule has 35 heavy (non-hydrogen) atoms. The molecule has 3 aromatic rings. The van der Waals surface area contributed by atoms with Crippen LogP contribution in [0.4, 0.5) is 5.00 Å². The molecular formula is C25H28ClN3O5S. The van der Waals surface area contributed by atoms with Gasteiger partial charge < -0.3 is 19.5 Å². The number of halogens is 1. The smallest absolute Gasteiger partial charge is 0.341 e. The average Bonchev–Trinajstić information content (AvgIpc) is 3.33. The van der Waals surface area contributed by atoms with Crippen molar-refractivity contribution < 1.29 is 23.6 Å². The number of carbonyl (C=O) groups is 3. The summed E-state index contributed by atoms with van der Waals surface area (Å²) in [6.07, 6.45) is -0.376. The normalized spacial score (nSPS) is 11.0. The summed E-state index contributed by atoms with van der Waals surface area (Å²) in [6, 6.07) is 6.98. The first-order valence-electron chi connectivity index (χ1n) is 11.3. The standard InChI is InChI=1S/C25H28ClN3O5S/c1-7-29(8-2)24(31)21-14(5)18(25(32)33-13(3)4)23(35-21)27-22(30)19-15(6)34-28-20(19)16-11-9-10-12-17(16)26/h9-13H,7-8H2,1-6H3,(H,27,30). The van der Waals surface area contributed by atoms with Crippen molar-refractivity contribution in [2.24, 2.45) is 0 Å². The molecule has 0 spiro atoms. The number of aryl methyl sites for hydroxylation is 1. The van der Waals surface area contributed by atoms with E-state index in [9.17, 15) is 14.4 Å². The fraction of sp³-hybridized carbons (Fsp3) is 0.360. The summed E-state index contributed by atoms with van der Waals surface area (Å²) in [6.45, 7) is 11.6. The van der Waals surface area contributed by atoms with E-state index < -0.39 is 11.9 Å². The first kappa shape index (κ1) is 26.4. The summed E-state index contributed by atoms with van der Waals surface area (Å²) in [5, 5.41) is 7.46. The Hall–Kier alpha value is -3.17. The summed E-state index contributed by atoms with van der Waals surface area (Å²) < 4.78 is 10.7. The maximum atomic E-state index is 13.4. The first-order chi connectivity index (χ1) is 16.6. The topological polar surface area (TPSA) is 102 Å². The highest BCUT2D eigenvalue weighted by Gasteiger charge is 2.30. The molecule has 1 N–H and O–H groups in total. The van der Waals surface area contributed by atoms with Gasteiger partial charge in [0.05, 0.1) is 21.6 Å². The average molecular weight is 518 g/mol. The Morgan fingerprint density at radius 2 is 1.80 bits per heavy atom. The Morgan fingerprint density at radius 1 is 1.14 bits per heavy atom. The van der Waals surface area contributed by atoms with E-state index in [1.807, 2.05) is 13.8 Å². The van der Waals surface area contributed by atoms with Gasteiger partial charge in [-0.2, -0.15) is 0 Å². The van der Waals surface area contributed by atoms with Gasteiger partial charge in [0.2, 0.25) is 0 Å². The summed E-state index contributed by atoms with van der Waals surface area (Å²) in [5.41, 5.74) is 1.62. The maximum absolute atomic E-state index is 13.4. The van der Waals surface area contributed by atoms with Gasteiger partial charge in [-0.05, 0) is 53.2 Å². The largest absolute Gasteiger partial charge is 0.459 e. The second kappa shape index (κ2) is 11.0. The van der Waals surface area contributed by atoms with Gasteiger partial charge >= 0.3 is 5.97 Å². The molecule has 2 aromatic heterocycles. The summed E-state index contributed by atoms with van der Waals surface area (Å²) in [7, 11) is 0. The number of benzene rings is 1. The molecule has 0 unspecified atom stereocenters. The van der Waals surface area contributed by atoms with Gasteiger partial charge in [0, 0.05) is 18.7 Å². The second-order valence-corrected chi connectivity index (χ2v) is 9.52. The van der Waals surface area contributed by atoms with Crippen LogP contribution in [0.1, 0.15) is 69.4 Å². The van der Waals surface area contributed by atoms with Gasteiger partial charge in [-0.3, -0.25) is 9.59 Å². The quantitative estimate of drug-likeness (QED) is 0.369. The number of rotatable bonds is 8. The Balaban J connectivity index is 2.07. The third-order valence-electron chi connectivity index (χ3n) is 5.38. The van der Waals surface area contributed by atoms with Crippen LogP contribution in [0, 0.1) is 13.8 Å². The Bertz CT molecular complexity index is 1260. The van der Waals surface area contributed by atoms with Gasteiger partial charge in [0.15, 0.2) is 0 Å². The van der Waals surface area contributed by atoms with E-state index in [0.29, 0.717) is 34.1 Å². The van der Waals surface area contributed by atoms with Crippen LogP contribution < -0.4 is 5.32 Å². The number of nitrogens with one attached hydrogen (secondary N) is 1. The van der Waals surface area contributed by atoms with Gasteiger partial charge in [-0.15, -0.1) is 11.3 Å². The summed E-state index contributed by atoms with van der Waals surface area (Å²) in [4.78, 5) is 41.5. The molecule has 186 valence electrons. The van der Waals surface area contributed by atoms with Crippen molar-refractivity contribution in [3.8, 4) is 11.3 Å². The molecule has 0 atom stereocenters. The third-order valence-corrected chi connectivity index (χ3v) is 6.91. The molecule has 0 aliphatic carbocycles. The van der Waals surface area contributed by atoms with Crippen LogP contribution in [-0.4, -0.2) is 47.0 Å². The van der Waals surface area contributed by atoms with Crippen molar-refractivity contribution in [1.82, 2.24) is 10.1 Å². The number of aromatic nitrogens is 1. The number of thiophene rings is 1. The highest BCUT2D eigenvalue weighted by Crippen LogP contribution is 2.37. The van der Waals surface area contributed by atoms with Crippen LogP contribution in [0.25, 0.3) is 11.3 Å². The number of ether oxygens (including phenoxy) is 1. The number of anilines is 1. The molecule has 10 heteroatoms. The number of hydrogen-bond donors (Lipinski definition) is 1. The van der Waals surface area contributed by atoms with Crippen LogP contribution >= 0.6 is 22.9 Å². The number of hydrogen-bond acceptors (Lipinski definition) is 7. The lowest BCUT2D eigenvalue weighted by atomic mass is 10.1. The van der Waals surface area contributed by atoms with Gasteiger partial charge in [0.1, 0.15) is 22.0 Å². The molecule has 2 amide bonds. The van der Waals surface area contributed by atoms with Crippen LogP contribution in [0.3, 0.4) is 0 Å². The van der Waals surface area contributed by atoms with E-state index in [0.717, 1.165) is 11.3 Å². The molecule has 0 saturated heterocycles. The molecular weight excluding hydrogens is 490 g/mol. The van der Waals surface area contributed by atoms with Gasteiger partial charge in [0.25, 0.3) is 11.8 Å². The molecule has 8 nitrogen and oxygen atoms in total. The predicted molar refractivity (Wildman–Crippen MR) is 136 cm³/mol. The summed E-state index contributed by atoms with van der Waals surface area (Å²) in [5.74, 6) is -1.08. The molecule has 0 aliphatic rings. The highest BCUT2D eigenvalue weighted by molar-refractivity contribution is 7.18. The predicted octanol–water partition coefficient (Wildman–Crippen LogP) is 5.97. The van der Waals surface area contributed by atoms with E-state index in [4.69, 9.17) is 20.9 Å². The fourth-order valence-electron chi connectivity index (χ4n) is 3.62. The van der Waals surface area contributed by atoms with Crippen molar-refractivity contribution in [3.63, 3.8) is 0 Å². The van der Waals surface area contributed by atoms with Crippen molar-refractivity contribution in [3.05, 3.63) is 56.6 Å². The molecule has 0 radical (unpaired) electrons. The lowest BCUT2D eigenvalue weighted by Gasteiger charge is -2.18. The highest BCUT2D eigenvalue weighted by atomic mass is 35.5. The molecule has 3 rings (SSSR count). The number of nitrogens with zero attached hydrogens (tertiary/aromatic N) is 2. The van der Waals surface area contributed by atoms with E-state index in [1.165, 1.54) is 0 Å². The fourth-order valence-corrected chi connectivity index (χ4v) is 5.00. The number of amides is 2. The van der Waals surface area contributed by atoms with Crippen molar-refractivity contribution in [2.45, 2.75) is 47.6 Å². The Morgan fingerprint density at radius 3 is 2.40 bits per heavy atom. The molecule has 0 aliphatic heterocycles. The first-order valence-corrected chi connectivity index (χ1v) is 12.5. The van der Waals surface area contributed by atoms with E-state index in [1.54, 1.807) is 56.9 Å². The molecule has 0 fully saturated rings. The Labute approximate surface area is 213 Å². The minimum Gasteiger partial charge on any atom is -0.459 e. The van der Waals surface area contributed by atoms with Gasteiger partial charge in [-0.1, -0.05) is 35.0 Å². The van der Waals surface area contributed by atoms with E-state index in [2.05, 4.69) is 10.5 Å². The number of carbonyl (C=O) groups excluding carboxylic acids is 3. The van der Waals surface area contributed by atoms with Crippen LogP contribution in [0.2, 0.25) is 5.02 Å². The zero-order valence-corrected chi connectivity index (χ0v) is 22.1. The zero-order valence-electron chi connectivity index (χ0n) is 20.5. The Kier molecular flexibility index (Phi) is 8.34. The minimum absolute atomic E-state index is 0.154. The minimum atomic E-state index is -0.615. The lowest BCUT2D eigenvalue weighted by Crippen LogP contribution is -2.30. The van der Waals surface area contributed by atoms with E-state index in [-0.39, 0.29) is 39.6 Å². The van der Waals surface area contributed by atoms with Crippen LogP contribution in [0.15, 0.2) is 28.8 Å². The molecule has 0 saturated carbocycles. The molecule has 2 heterocycles. The zero-order chi connectivity index (χ0) is 25.9. The van der Waals surface area contributed by atoms with Crippen molar-refractivity contribution >= 4 is 45.7 Å². The van der Waals surface area contributed by atoms with Crippen LogP contribution in [-0.2, 0) is 4.74 Å². The maximum Gasteiger partial charge on any atom is 0.341 e. The van der Waals surface area contributed by atoms with Crippen molar-refractivity contribution in [1.29, 1.82) is 0 Å². The van der Waals surface area contributed by atoms with Gasteiger partial charge in [-0.25, -0.2) is 4.79 Å².